The highest BCUT2D eigenvalue weighted by Gasteiger charge is 2.06. The monoisotopic (exact) mass is 273 g/mol. The summed E-state index contributed by atoms with van der Waals surface area (Å²) in [5.74, 6) is 0. The van der Waals surface area contributed by atoms with E-state index in [0.29, 0.717) is 0 Å². The maximum atomic E-state index is 2.29. The molecular weight excluding hydrogens is 242 g/mol. The Bertz CT molecular complexity index is 381. The molecule has 2 aliphatic rings. The number of hydrogen-bond acceptors (Lipinski definition) is 1. The van der Waals surface area contributed by atoms with E-state index in [9.17, 15) is 0 Å². The lowest BCUT2D eigenvalue weighted by atomic mass is 10.1. The normalized spacial score (nSPS) is 15.8. The third kappa shape index (κ3) is 7.18. The third-order valence-electron chi connectivity index (χ3n) is 2.71. The molecule has 0 radical (unpaired) electrons. The molecule has 0 atom stereocenters. The summed E-state index contributed by atoms with van der Waals surface area (Å²) in [5.41, 5.74) is 2.55. The third-order valence-corrected chi connectivity index (χ3v) is 2.71. The van der Waals surface area contributed by atoms with Crippen LogP contribution in [-0.2, 0) is 0 Å². The van der Waals surface area contributed by atoms with Gasteiger partial charge in [0.25, 0.3) is 0 Å². The van der Waals surface area contributed by atoms with Gasteiger partial charge in [-0.15, -0.1) is 0 Å². The molecule has 112 valence electrons. The molecule has 0 saturated heterocycles. The molecule has 0 N–H and O–H groups in total. The molecule has 20 heavy (non-hydrogen) atoms. The van der Waals surface area contributed by atoms with E-state index in [1.54, 1.807) is 0 Å². The molecule has 2 rings (SSSR count). The van der Waals surface area contributed by atoms with Crippen molar-refractivity contribution in [1.82, 2.24) is 4.90 Å². The van der Waals surface area contributed by atoms with E-state index in [1.165, 1.54) is 24.2 Å². The van der Waals surface area contributed by atoms with Gasteiger partial charge in [-0.3, -0.25) is 0 Å². The van der Waals surface area contributed by atoms with E-state index < -0.39 is 0 Å². The van der Waals surface area contributed by atoms with Crippen molar-refractivity contribution < 1.29 is 0 Å². The van der Waals surface area contributed by atoms with E-state index in [1.807, 2.05) is 13.8 Å². The number of nitrogens with zero attached hydrogens (tertiary/aromatic N) is 1. The SMILES string of the molecule is CC.CCC.CN(C1=CC=CCC=C1)C1=CCCC=C1. The lowest BCUT2D eigenvalue weighted by molar-refractivity contribution is 0.547. The summed E-state index contributed by atoms with van der Waals surface area (Å²) in [6, 6.07) is 0. The van der Waals surface area contributed by atoms with Crippen LogP contribution < -0.4 is 0 Å². The lowest BCUT2D eigenvalue weighted by Gasteiger charge is -2.23. The molecule has 0 fully saturated rings. The molecule has 0 bridgehead atoms. The zero-order chi connectivity index (χ0) is 15.2. The second kappa shape index (κ2) is 12.5. The average molecular weight is 273 g/mol. The fraction of sp³-hybridized carbons (Fsp3) is 0.474. The van der Waals surface area contributed by atoms with Crippen LogP contribution in [0.25, 0.3) is 0 Å². The van der Waals surface area contributed by atoms with Crippen LogP contribution in [0.15, 0.2) is 60.0 Å². The van der Waals surface area contributed by atoms with Gasteiger partial charge in [-0.1, -0.05) is 64.5 Å². The first-order valence-electron chi connectivity index (χ1n) is 7.93. The van der Waals surface area contributed by atoms with Gasteiger partial charge in [0.15, 0.2) is 0 Å². The van der Waals surface area contributed by atoms with Gasteiger partial charge < -0.3 is 4.90 Å². The molecule has 1 nitrogen and oxygen atoms in total. The van der Waals surface area contributed by atoms with Gasteiger partial charge in [-0.25, -0.2) is 0 Å². The van der Waals surface area contributed by atoms with Crippen molar-refractivity contribution >= 4 is 0 Å². The molecule has 2 aliphatic carbocycles. The van der Waals surface area contributed by atoms with Crippen molar-refractivity contribution in [2.75, 3.05) is 7.05 Å². The van der Waals surface area contributed by atoms with E-state index in [4.69, 9.17) is 0 Å². The van der Waals surface area contributed by atoms with E-state index in [2.05, 4.69) is 74.4 Å². The molecule has 0 amide bonds. The summed E-state index contributed by atoms with van der Waals surface area (Å²) in [7, 11) is 2.12. The van der Waals surface area contributed by atoms with Crippen LogP contribution in [0.5, 0.6) is 0 Å². The van der Waals surface area contributed by atoms with E-state index in [-0.39, 0.29) is 0 Å². The summed E-state index contributed by atoms with van der Waals surface area (Å²) in [6.07, 6.45) is 22.2. The van der Waals surface area contributed by atoms with Gasteiger partial charge in [0.05, 0.1) is 0 Å². The second-order valence-corrected chi connectivity index (χ2v) is 4.53. The Kier molecular flexibility index (Phi) is 11.6. The maximum Gasteiger partial charge on any atom is 0.0404 e. The summed E-state index contributed by atoms with van der Waals surface area (Å²) in [4.78, 5) is 2.24. The zero-order valence-corrected chi connectivity index (χ0v) is 13.9. The fourth-order valence-electron chi connectivity index (χ4n) is 1.79. The lowest BCUT2D eigenvalue weighted by Crippen LogP contribution is -2.15. The first-order valence-corrected chi connectivity index (χ1v) is 7.93. The molecule has 0 unspecified atom stereocenters. The van der Waals surface area contributed by atoms with Crippen LogP contribution >= 0.6 is 0 Å². The maximum absolute atomic E-state index is 2.29. The van der Waals surface area contributed by atoms with E-state index >= 15 is 0 Å². The number of rotatable bonds is 2. The van der Waals surface area contributed by atoms with Gasteiger partial charge >= 0.3 is 0 Å². The Balaban J connectivity index is 0.000000641. The topological polar surface area (TPSA) is 3.24 Å². The second-order valence-electron chi connectivity index (χ2n) is 4.53. The highest BCUT2D eigenvalue weighted by molar-refractivity contribution is 5.33. The Morgan fingerprint density at radius 3 is 2.20 bits per heavy atom. The van der Waals surface area contributed by atoms with Crippen LogP contribution in [0.4, 0.5) is 0 Å². The molecule has 0 heterocycles. The van der Waals surface area contributed by atoms with Crippen molar-refractivity contribution in [3.63, 3.8) is 0 Å². The first-order chi connectivity index (χ1) is 9.79. The van der Waals surface area contributed by atoms with Gasteiger partial charge in [0.1, 0.15) is 0 Å². The van der Waals surface area contributed by atoms with Crippen molar-refractivity contribution in [2.45, 2.75) is 53.4 Å². The van der Waals surface area contributed by atoms with Crippen LogP contribution in [0.3, 0.4) is 0 Å². The van der Waals surface area contributed by atoms with Crippen LogP contribution in [0.2, 0.25) is 0 Å². The number of hydrogen-bond donors (Lipinski definition) is 0. The predicted octanol–water partition coefficient (Wildman–Crippen LogP) is 5.99. The largest absolute Gasteiger partial charge is 0.345 e. The molecular formula is C19H31N. The molecule has 0 aromatic rings. The summed E-state index contributed by atoms with van der Waals surface area (Å²) in [5, 5.41) is 0. The Morgan fingerprint density at radius 1 is 0.950 bits per heavy atom. The molecule has 0 saturated carbocycles. The summed E-state index contributed by atoms with van der Waals surface area (Å²) < 4.78 is 0. The minimum atomic E-state index is 1.03. The van der Waals surface area contributed by atoms with Crippen LogP contribution in [-0.4, -0.2) is 11.9 Å². The Morgan fingerprint density at radius 2 is 1.60 bits per heavy atom. The zero-order valence-electron chi connectivity index (χ0n) is 13.9. The Hall–Kier alpha value is -1.50. The molecule has 0 aromatic carbocycles. The minimum Gasteiger partial charge on any atom is -0.345 e. The molecule has 0 aromatic heterocycles. The quantitative estimate of drug-likeness (QED) is 0.597. The average Bonchev–Trinajstić information content (AvgIpc) is 2.79. The van der Waals surface area contributed by atoms with Crippen LogP contribution in [0.1, 0.15) is 53.4 Å². The Labute approximate surface area is 126 Å². The van der Waals surface area contributed by atoms with E-state index in [0.717, 1.165) is 12.8 Å². The predicted molar refractivity (Wildman–Crippen MR) is 92.5 cm³/mol. The molecule has 0 spiro atoms. The van der Waals surface area contributed by atoms with Gasteiger partial charge in [0.2, 0.25) is 0 Å². The minimum absolute atomic E-state index is 1.03. The van der Waals surface area contributed by atoms with Crippen molar-refractivity contribution in [2.24, 2.45) is 0 Å². The standard InChI is InChI=1S/C14H17N.C3H8.C2H6/c1-15(14-11-7-4-8-12-14)13-9-5-2-3-6-10-13;1-3-2;1-2/h2,5-7,9-12H,3-4,8H2,1H3;3H2,1-2H3;1-2H3. The van der Waals surface area contributed by atoms with Gasteiger partial charge in [0, 0.05) is 18.4 Å². The van der Waals surface area contributed by atoms with Crippen LogP contribution in [0, 0.1) is 0 Å². The fourth-order valence-corrected chi connectivity index (χ4v) is 1.79. The van der Waals surface area contributed by atoms with Crippen molar-refractivity contribution in [3.8, 4) is 0 Å². The van der Waals surface area contributed by atoms with Gasteiger partial charge in [-0.2, -0.15) is 0 Å². The highest BCUT2D eigenvalue weighted by atomic mass is 15.1. The smallest absolute Gasteiger partial charge is 0.0404 e. The molecule has 0 aliphatic heterocycles. The molecule has 1 heteroatoms. The van der Waals surface area contributed by atoms with Crippen molar-refractivity contribution in [3.05, 3.63) is 60.0 Å². The summed E-state index contributed by atoms with van der Waals surface area (Å²) >= 11 is 0. The summed E-state index contributed by atoms with van der Waals surface area (Å²) in [6.45, 7) is 8.25. The highest BCUT2D eigenvalue weighted by Crippen LogP contribution is 2.19. The van der Waals surface area contributed by atoms with Crippen molar-refractivity contribution in [1.29, 1.82) is 0 Å². The number of likely N-dealkylation sites (N-methyl/N-ethyl adjacent to an activating group) is 1. The van der Waals surface area contributed by atoms with Gasteiger partial charge in [-0.05, 0) is 37.5 Å². The first kappa shape index (κ1) is 18.5. The number of allylic oxidation sites excluding steroid dienone is 8.